The van der Waals surface area contributed by atoms with Crippen molar-refractivity contribution in [1.29, 1.82) is 0 Å². The summed E-state index contributed by atoms with van der Waals surface area (Å²) in [6.45, 7) is 2.01. The average Bonchev–Trinajstić information content (AvgIpc) is 3.33. The summed E-state index contributed by atoms with van der Waals surface area (Å²) in [4.78, 5) is 42.2. The Morgan fingerprint density at radius 3 is 2.48 bits per heavy atom. The van der Waals surface area contributed by atoms with Gasteiger partial charge in [0.1, 0.15) is 11.8 Å². The number of amides is 3. The molecule has 0 bridgehead atoms. The second kappa shape index (κ2) is 9.81. The summed E-state index contributed by atoms with van der Waals surface area (Å²) in [6, 6.07) is 12.6. The third kappa shape index (κ3) is 4.98. The minimum absolute atomic E-state index is 0.00526. The first kappa shape index (κ1) is 21.2. The lowest BCUT2D eigenvalue weighted by Gasteiger charge is -2.39. The van der Waals surface area contributed by atoms with Gasteiger partial charge in [-0.15, -0.1) is 0 Å². The van der Waals surface area contributed by atoms with Gasteiger partial charge in [-0.2, -0.15) is 0 Å². The fraction of sp³-hybridized carbons (Fsp3) is 0.458. The average molecular weight is 424 g/mol. The Kier molecular flexibility index (Phi) is 6.70. The van der Waals surface area contributed by atoms with E-state index in [0.29, 0.717) is 45.4 Å². The van der Waals surface area contributed by atoms with E-state index in [1.165, 1.54) is 0 Å². The van der Waals surface area contributed by atoms with Crippen LogP contribution < -0.4 is 5.32 Å². The van der Waals surface area contributed by atoms with Crippen LogP contribution >= 0.6 is 0 Å². The fourth-order valence-corrected chi connectivity index (χ4v) is 4.46. The molecule has 0 aliphatic carbocycles. The van der Waals surface area contributed by atoms with Crippen LogP contribution in [0.2, 0.25) is 0 Å². The van der Waals surface area contributed by atoms with E-state index in [2.05, 4.69) is 5.32 Å². The van der Waals surface area contributed by atoms with E-state index in [0.717, 1.165) is 24.2 Å². The summed E-state index contributed by atoms with van der Waals surface area (Å²) in [6.07, 6.45) is 5.11. The van der Waals surface area contributed by atoms with E-state index in [9.17, 15) is 14.4 Å². The van der Waals surface area contributed by atoms with Crippen LogP contribution in [-0.4, -0.2) is 47.2 Å². The number of rotatable bonds is 6. The molecule has 1 N–H and O–H groups in total. The number of hydrogen-bond donors (Lipinski definition) is 1. The second-order valence-electron chi connectivity index (χ2n) is 8.25. The summed E-state index contributed by atoms with van der Waals surface area (Å²) in [5, 5.41) is 2.92. The van der Waals surface area contributed by atoms with Crippen molar-refractivity contribution >= 4 is 17.7 Å². The number of hydrogen-bond acceptors (Lipinski definition) is 4. The number of piperidine rings is 2. The Balaban J connectivity index is 1.39. The lowest BCUT2D eigenvalue weighted by Crippen LogP contribution is -2.50. The lowest BCUT2D eigenvalue weighted by molar-refractivity contribution is -0.149. The monoisotopic (exact) mass is 423 g/mol. The van der Waals surface area contributed by atoms with Crippen molar-refractivity contribution in [3.05, 3.63) is 60.1 Å². The van der Waals surface area contributed by atoms with Crippen molar-refractivity contribution in [1.82, 2.24) is 15.1 Å². The Bertz CT molecular complexity index is 889. The quantitative estimate of drug-likeness (QED) is 0.775. The molecule has 7 heteroatoms. The molecule has 7 nitrogen and oxygen atoms in total. The number of carbonyl (C=O) groups excluding carboxylic acids is 3. The standard InChI is InChI=1S/C24H29N3O4/c28-21-10-4-5-13-27(21)22(18-7-2-1-3-8-18)24(30)26-14-11-19(12-15-26)23(29)25-17-20-9-6-16-31-20/h1-3,6-9,16,19,22H,4-5,10-15,17H2,(H,25,29). The van der Waals surface area contributed by atoms with Crippen molar-refractivity contribution in [2.75, 3.05) is 19.6 Å². The lowest BCUT2D eigenvalue weighted by atomic mass is 9.94. The van der Waals surface area contributed by atoms with Crippen LogP contribution in [0.3, 0.4) is 0 Å². The number of nitrogens with one attached hydrogen (secondary N) is 1. The van der Waals surface area contributed by atoms with Crippen LogP contribution in [0.5, 0.6) is 0 Å². The van der Waals surface area contributed by atoms with E-state index in [1.807, 2.05) is 41.3 Å². The summed E-state index contributed by atoms with van der Waals surface area (Å²) in [5.41, 5.74) is 0.848. The van der Waals surface area contributed by atoms with E-state index < -0.39 is 6.04 Å². The Morgan fingerprint density at radius 2 is 1.81 bits per heavy atom. The highest BCUT2D eigenvalue weighted by Gasteiger charge is 2.37. The Hall–Kier alpha value is -3.09. The molecule has 2 aliphatic rings. The number of benzene rings is 1. The molecule has 0 saturated carbocycles. The van der Waals surface area contributed by atoms with E-state index in [-0.39, 0.29) is 23.6 Å². The molecule has 4 rings (SSSR count). The van der Waals surface area contributed by atoms with Gasteiger partial charge in [-0.05, 0) is 43.4 Å². The van der Waals surface area contributed by atoms with Crippen LogP contribution in [0.25, 0.3) is 0 Å². The molecule has 2 aliphatic heterocycles. The molecule has 0 radical (unpaired) electrons. The predicted molar refractivity (Wildman–Crippen MR) is 115 cm³/mol. The highest BCUT2D eigenvalue weighted by molar-refractivity contribution is 5.89. The molecule has 2 fully saturated rings. The Morgan fingerprint density at radius 1 is 1.03 bits per heavy atom. The molecule has 164 valence electrons. The van der Waals surface area contributed by atoms with Gasteiger partial charge in [0.05, 0.1) is 12.8 Å². The van der Waals surface area contributed by atoms with Crippen LogP contribution in [0, 0.1) is 5.92 Å². The number of carbonyl (C=O) groups is 3. The molecular formula is C24H29N3O4. The van der Waals surface area contributed by atoms with Crippen LogP contribution in [-0.2, 0) is 20.9 Å². The molecule has 3 amide bonds. The molecule has 1 atom stereocenters. The fourth-order valence-electron chi connectivity index (χ4n) is 4.46. The SMILES string of the molecule is O=C(NCc1ccco1)C1CCN(C(=O)C(c2ccccc2)N2CCCCC2=O)CC1. The zero-order valence-corrected chi connectivity index (χ0v) is 17.7. The van der Waals surface area contributed by atoms with Gasteiger partial charge >= 0.3 is 0 Å². The summed E-state index contributed by atoms with van der Waals surface area (Å²) in [5.74, 6) is 0.592. The third-order valence-corrected chi connectivity index (χ3v) is 6.22. The minimum atomic E-state index is -0.585. The van der Waals surface area contributed by atoms with Crippen LogP contribution in [0.15, 0.2) is 53.1 Å². The summed E-state index contributed by atoms with van der Waals surface area (Å²) in [7, 11) is 0. The van der Waals surface area contributed by atoms with Crippen molar-refractivity contribution < 1.29 is 18.8 Å². The maximum Gasteiger partial charge on any atom is 0.250 e. The molecule has 2 saturated heterocycles. The summed E-state index contributed by atoms with van der Waals surface area (Å²) < 4.78 is 5.25. The molecule has 1 unspecified atom stereocenters. The van der Waals surface area contributed by atoms with Crippen LogP contribution in [0.1, 0.15) is 49.5 Å². The Labute approximate surface area is 182 Å². The summed E-state index contributed by atoms with van der Waals surface area (Å²) >= 11 is 0. The van der Waals surface area contributed by atoms with Crippen molar-refractivity contribution in [2.24, 2.45) is 5.92 Å². The smallest absolute Gasteiger partial charge is 0.250 e. The van der Waals surface area contributed by atoms with Crippen molar-refractivity contribution in [3.63, 3.8) is 0 Å². The molecule has 1 aromatic heterocycles. The van der Waals surface area contributed by atoms with E-state index in [4.69, 9.17) is 4.42 Å². The first-order chi connectivity index (χ1) is 15.1. The number of furan rings is 1. The van der Waals surface area contributed by atoms with Gasteiger partial charge in [-0.1, -0.05) is 30.3 Å². The molecule has 0 spiro atoms. The highest BCUT2D eigenvalue weighted by atomic mass is 16.3. The van der Waals surface area contributed by atoms with Gasteiger partial charge in [-0.25, -0.2) is 0 Å². The predicted octanol–water partition coefficient (Wildman–Crippen LogP) is 2.89. The first-order valence-electron chi connectivity index (χ1n) is 11.1. The third-order valence-electron chi connectivity index (χ3n) is 6.22. The molecule has 2 aromatic rings. The zero-order chi connectivity index (χ0) is 21.6. The second-order valence-corrected chi connectivity index (χ2v) is 8.25. The van der Waals surface area contributed by atoms with Gasteiger partial charge in [0.15, 0.2) is 0 Å². The van der Waals surface area contributed by atoms with Crippen LogP contribution in [0.4, 0.5) is 0 Å². The number of likely N-dealkylation sites (tertiary alicyclic amines) is 2. The van der Waals surface area contributed by atoms with E-state index >= 15 is 0 Å². The largest absolute Gasteiger partial charge is 0.467 e. The first-order valence-corrected chi connectivity index (χ1v) is 11.1. The van der Waals surface area contributed by atoms with Gasteiger partial charge < -0.3 is 19.5 Å². The van der Waals surface area contributed by atoms with Gasteiger partial charge in [0, 0.05) is 32.0 Å². The zero-order valence-electron chi connectivity index (χ0n) is 17.7. The van der Waals surface area contributed by atoms with Crippen molar-refractivity contribution in [2.45, 2.75) is 44.7 Å². The van der Waals surface area contributed by atoms with Gasteiger partial charge in [-0.3, -0.25) is 14.4 Å². The minimum Gasteiger partial charge on any atom is -0.467 e. The maximum atomic E-state index is 13.5. The van der Waals surface area contributed by atoms with E-state index in [1.54, 1.807) is 17.2 Å². The number of nitrogens with zero attached hydrogens (tertiary/aromatic N) is 2. The normalized spacial score (nSPS) is 18.6. The van der Waals surface area contributed by atoms with Gasteiger partial charge in [0.25, 0.3) is 0 Å². The van der Waals surface area contributed by atoms with Crippen molar-refractivity contribution in [3.8, 4) is 0 Å². The maximum absolute atomic E-state index is 13.5. The molecule has 3 heterocycles. The molecular weight excluding hydrogens is 394 g/mol. The molecule has 1 aromatic carbocycles. The molecule has 31 heavy (non-hydrogen) atoms. The topological polar surface area (TPSA) is 82.9 Å². The highest BCUT2D eigenvalue weighted by Crippen LogP contribution is 2.29. The van der Waals surface area contributed by atoms with Gasteiger partial charge in [0.2, 0.25) is 17.7 Å².